The summed E-state index contributed by atoms with van der Waals surface area (Å²) < 4.78 is 92.6. The third-order valence-electron chi connectivity index (χ3n) is 8.07. The number of piperidine rings is 1. The van der Waals surface area contributed by atoms with Crippen molar-refractivity contribution < 1.29 is 40.3 Å². The van der Waals surface area contributed by atoms with Crippen LogP contribution < -0.4 is 10.6 Å². The summed E-state index contributed by atoms with van der Waals surface area (Å²) in [6.07, 6.45) is -7.48. The lowest BCUT2D eigenvalue weighted by Crippen LogP contribution is -2.50. The number of nitrogens with one attached hydrogen (secondary N) is 2. The van der Waals surface area contributed by atoms with Gasteiger partial charge in [0.25, 0.3) is 0 Å². The molecule has 218 valence electrons. The van der Waals surface area contributed by atoms with Gasteiger partial charge in [0, 0.05) is 19.6 Å². The van der Waals surface area contributed by atoms with Crippen LogP contribution in [0.2, 0.25) is 0 Å². The van der Waals surface area contributed by atoms with E-state index in [2.05, 4.69) is 15.5 Å². The second kappa shape index (κ2) is 11.4. The summed E-state index contributed by atoms with van der Waals surface area (Å²) in [7, 11) is 1.38. The van der Waals surface area contributed by atoms with Crippen LogP contribution in [0.5, 0.6) is 0 Å². The van der Waals surface area contributed by atoms with E-state index in [-0.39, 0.29) is 42.2 Å². The van der Waals surface area contributed by atoms with Gasteiger partial charge in [0.05, 0.1) is 11.1 Å². The van der Waals surface area contributed by atoms with Crippen molar-refractivity contribution in [3.05, 3.63) is 70.5 Å². The highest BCUT2D eigenvalue weighted by Crippen LogP contribution is 2.43. The second-order valence-corrected chi connectivity index (χ2v) is 10.5. The molecular formula is C28H30F7N3O2. The van der Waals surface area contributed by atoms with Gasteiger partial charge in [0.2, 0.25) is 11.8 Å². The highest BCUT2D eigenvalue weighted by atomic mass is 19.4. The van der Waals surface area contributed by atoms with Crippen LogP contribution in [0, 0.1) is 11.2 Å². The number of benzene rings is 2. The van der Waals surface area contributed by atoms with Gasteiger partial charge in [0.15, 0.2) is 0 Å². The van der Waals surface area contributed by atoms with Crippen molar-refractivity contribution in [2.24, 2.45) is 5.41 Å². The molecular weight excluding hydrogens is 543 g/mol. The monoisotopic (exact) mass is 573 g/mol. The first-order valence-electron chi connectivity index (χ1n) is 13.0. The summed E-state index contributed by atoms with van der Waals surface area (Å²) in [6.45, 7) is 0.823. The number of rotatable bonds is 6. The molecule has 5 nitrogen and oxygen atoms in total. The molecule has 1 heterocycles. The fraction of sp³-hybridized carbons (Fsp3) is 0.500. The zero-order valence-electron chi connectivity index (χ0n) is 21.8. The van der Waals surface area contributed by atoms with Gasteiger partial charge in [-0.25, -0.2) is 4.39 Å². The Labute approximate surface area is 227 Å². The normalized spacial score (nSPS) is 22.8. The smallest absolute Gasteiger partial charge is 0.358 e. The van der Waals surface area contributed by atoms with Crippen molar-refractivity contribution in [2.45, 2.75) is 63.0 Å². The molecule has 2 amide bonds. The molecule has 2 fully saturated rings. The van der Waals surface area contributed by atoms with Crippen LogP contribution in [0.25, 0.3) is 0 Å². The van der Waals surface area contributed by atoms with Gasteiger partial charge in [-0.1, -0.05) is 12.1 Å². The Balaban J connectivity index is 1.44. The molecule has 12 heteroatoms. The van der Waals surface area contributed by atoms with Crippen LogP contribution in [0.3, 0.4) is 0 Å². The lowest BCUT2D eigenvalue weighted by Gasteiger charge is -2.37. The lowest BCUT2D eigenvalue weighted by molar-refractivity contribution is -0.144. The number of hydrogen-bond acceptors (Lipinski definition) is 3. The number of carbonyl (C=O) groups is 2. The van der Waals surface area contributed by atoms with Crippen LogP contribution >= 0.6 is 0 Å². The topological polar surface area (TPSA) is 61.4 Å². The minimum atomic E-state index is -5.01. The molecule has 0 radical (unpaired) electrons. The lowest BCUT2D eigenvalue weighted by atomic mass is 9.83. The number of alkyl halides is 6. The standard InChI is InChI=1S/C28H30F7N3O2/c1-36-24(39)26(25(40)37-16-17-12-20(27(30,31)32)14-21(13-17)28(33,34)35)9-6-23(15-26)38-10-7-19(8-11-38)18-2-4-22(29)5-3-18/h2-5,12-14,19,23H,6-11,15-16H2,1H3,(H,36,39)(H,37,40). The Morgan fingerprint density at radius 2 is 1.48 bits per heavy atom. The minimum absolute atomic E-state index is 0.0260. The Morgan fingerprint density at radius 3 is 2.00 bits per heavy atom. The molecule has 1 aliphatic carbocycles. The third kappa shape index (κ3) is 6.42. The van der Waals surface area contributed by atoms with Gasteiger partial charge in [-0.2, -0.15) is 26.3 Å². The van der Waals surface area contributed by atoms with E-state index in [1.165, 1.54) is 19.2 Å². The molecule has 1 saturated heterocycles. The maximum atomic E-state index is 13.3. The van der Waals surface area contributed by atoms with Crippen molar-refractivity contribution in [2.75, 3.05) is 20.1 Å². The summed E-state index contributed by atoms with van der Waals surface area (Å²) in [4.78, 5) is 28.5. The predicted octanol–water partition coefficient (Wildman–Crippen LogP) is 5.64. The Hall–Kier alpha value is -3.15. The van der Waals surface area contributed by atoms with Crippen molar-refractivity contribution in [3.8, 4) is 0 Å². The van der Waals surface area contributed by atoms with E-state index in [9.17, 15) is 40.3 Å². The average Bonchev–Trinajstić information content (AvgIpc) is 3.37. The fourth-order valence-electron chi connectivity index (χ4n) is 5.89. The minimum Gasteiger partial charge on any atom is -0.358 e. The molecule has 2 unspecified atom stereocenters. The molecule has 1 saturated carbocycles. The van der Waals surface area contributed by atoms with Crippen molar-refractivity contribution in [3.63, 3.8) is 0 Å². The van der Waals surface area contributed by atoms with Gasteiger partial charge in [-0.05, 0) is 92.6 Å². The molecule has 0 spiro atoms. The summed E-state index contributed by atoms with van der Waals surface area (Å²) in [6, 6.07) is 7.45. The molecule has 2 atom stereocenters. The molecule has 40 heavy (non-hydrogen) atoms. The maximum Gasteiger partial charge on any atom is 0.416 e. The van der Waals surface area contributed by atoms with Gasteiger partial charge in [-0.3, -0.25) is 9.59 Å². The van der Waals surface area contributed by atoms with E-state index in [0.717, 1.165) is 18.4 Å². The van der Waals surface area contributed by atoms with Crippen molar-refractivity contribution >= 4 is 11.8 Å². The number of likely N-dealkylation sites (tertiary alicyclic amines) is 1. The van der Waals surface area contributed by atoms with Crippen LogP contribution in [-0.2, 0) is 28.5 Å². The number of carbonyl (C=O) groups excluding carboxylic acids is 2. The first kappa shape index (κ1) is 29.8. The summed E-state index contributed by atoms with van der Waals surface area (Å²) >= 11 is 0. The fourth-order valence-corrected chi connectivity index (χ4v) is 5.89. The third-order valence-corrected chi connectivity index (χ3v) is 8.07. The number of nitrogens with zero attached hydrogens (tertiary/aromatic N) is 1. The molecule has 2 aliphatic rings. The number of halogens is 7. The molecule has 1 aliphatic heterocycles. The molecule has 2 N–H and O–H groups in total. The molecule has 0 aromatic heterocycles. The average molecular weight is 574 g/mol. The van der Waals surface area contributed by atoms with Gasteiger partial charge in [-0.15, -0.1) is 0 Å². The molecule has 2 aromatic rings. The molecule has 4 rings (SSSR count). The quantitative estimate of drug-likeness (QED) is 0.347. The molecule has 0 bridgehead atoms. The van der Waals surface area contributed by atoms with Crippen LogP contribution in [0.15, 0.2) is 42.5 Å². The van der Waals surface area contributed by atoms with Crippen LogP contribution in [0.1, 0.15) is 60.3 Å². The first-order chi connectivity index (χ1) is 18.7. The predicted molar refractivity (Wildman–Crippen MR) is 132 cm³/mol. The van der Waals surface area contributed by atoms with Gasteiger partial charge >= 0.3 is 12.4 Å². The zero-order chi connectivity index (χ0) is 29.3. The summed E-state index contributed by atoms with van der Waals surface area (Å²) in [5.41, 5.74) is -3.77. The number of amides is 2. The maximum absolute atomic E-state index is 13.3. The van der Waals surface area contributed by atoms with E-state index in [1.54, 1.807) is 12.1 Å². The van der Waals surface area contributed by atoms with E-state index >= 15 is 0 Å². The van der Waals surface area contributed by atoms with Gasteiger partial charge in [0.1, 0.15) is 11.2 Å². The zero-order valence-corrected chi connectivity index (χ0v) is 21.8. The van der Waals surface area contributed by atoms with Crippen molar-refractivity contribution in [1.82, 2.24) is 15.5 Å². The second-order valence-electron chi connectivity index (χ2n) is 10.5. The summed E-state index contributed by atoms with van der Waals surface area (Å²) in [5, 5.41) is 4.92. The highest BCUT2D eigenvalue weighted by molar-refractivity contribution is 6.05. The SMILES string of the molecule is CNC(=O)C1(C(=O)NCc2cc(C(F)(F)F)cc(C(F)(F)F)c2)CCC(N2CCC(c3ccc(F)cc3)CC2)C1. The van der Waals surface area contributed by atoms with E-state index in [1.807, 2.05) is 0 Å². The van der Waals surface area contributed by atoms with Crippen molar-refractivity contribution in [1.29, 1.82) is 0 Å². The van der Waals surface area contributed by atoms with E-state index in [0.29, 0.717) is 31.6 Å². The largest absolute Gasteiger partial charge is 0.416 e. The highest BCUT2D eigenvalue weighted by Gasteiger charge is 2.52. The van der Waals surface area contributed by atoms with E-state index < -0.39 is 47.3 Å². The van der Waals surface area contributed by atoms with Crippen LogP contribution in [0.4, 0.5) is 30.7 Å². The Morgan fingerprint density at radius 1 is 0.900 bits per heavy atom. The number of hydrogen-bond donors (Lipinski definition) is 2. The Bertz CT molecular complexity index is 1190. The van der Waals surface area contributed by atoms with E-state index in [4.69, 9.17) is 0 Å². The van der Waals surface area contributed by atoms with Gasteiger partial charge < -0.3 is 15.5 Å². The first-order valence-corrected chi connectivity index (χ1v) is 13.0. The van der Waals surface area contributed by atoms with Crippen LogP contribution in [-0.4, -0.2) is 42.9 Å². The summed E-state index contributed by atoms with van der Waals surface area (Å²) in [5.74, 6) is -1.32. The molecule has 2 aromatic carbocycles. The Kier molecular flexibility index (Phi) is 8.49.